The van der Waals surface area contributed by atoms with Gasteiger partial charge in [0.15, 0.2) is 0 Å². The molecule has 0 saturated carbocycles. The molecule has 2 heterocycles. The lowest BCUT2D eigenvalue weighted by atomic mass is 10.1. The Balaban J connectivity index is 1.67. The molecule has 220 valence electrons. The van der Waals surface area contributed by atoms with Gasteiger partial charge in [0.2, 0.25) is 31.9 Å². The predicted molar refractivity (Wildman–Crippen MR) is 149 cm³/mol. The predicted octanol–water partition coefficient (Wildman–Crippen LogP) is 3.14. The molecule has 3 N–H and O–H groups in total. The highest BCUT2D eigenvalue weighted by Gasteiger charge is 2.35. The summed E-state index contributed by atoms with van der Waals surface area (Å²) < 4.78 is 91.8. The second-order valence-electron chi connectivity index (χ2n) is 9.35. The molecular weight excluding hydrogens is 587 g/mol. The van der Waals surface area contributed by atoms with Gasteiger partial charge < -0.3 is 16.0 Å². The number of amides is 1. The SMILES string of the molecule is CN(c1cc(CNc2nc(Nc3ccc4c(c3)CC(=O)N4)ncc2C(F)(F)F)cc(N(C)S(C)(=O)=O)c1)S(C)(=O)=O. The number of aromatic nitrogens is 2. The van der Waals surface area contributed by atoms with Crippen molar-refractivity contribution < 1.29 is 34.8 Å². The van der Waals surface area contributed by atoms with Gasteiger partial charge in [0.1, 0.15) is 11.4 Å². The highest BCUT2D eigenvalue weighted by atomic mass is 32.2. The van der Waals surface area contributed by atoms with Crippen LogP contribution in [-0.4, -0.2) is 59.3 Å². The lowest BCUT2D eigenvalue weighted by Gasteiger charge is -2.23. The fourth-order valence-corrected chi connectivity index (χ4v) is 4.89. The molecule has 0 unspecified atom stereocenters. The van der Waals surface area contributed by atoms with Crippen molar-refractivity contribution in [3.8, 4) is 0 Å². The van der Waals surface area contributed by atoms with Crippen molar-refractivity contribution in [3.63, 3.8) is 0 Å². The summed E-state index contributed by atoms with van der Waals surface area (Å²) in [5.41, 5.74) is 1.13. The maximum Gasteiger partial charge on any atom is 0.421 e. The number of anilines is 6. The van der Waals surface area contributed by atoms with Crippen molar-refractivity contribution in [2.24, 2.45) is 0 Å². The summed E-state index contributed by atoms with van der Waals surface area (Å²) in [6.07, 6.45) is -2.11. The first-order valence-corrected chi connectivity index (χ1v) is 15.5. The summed E-state index contributed by atoms with van der Waals surface area (Å²) in [7, 11) is -4.95. The molecule has 0 bridgehead atoms. The van der Waals surface area contributed by atoms with Crippen LogP contribution in [0.25, 0.3) is 0 Å². The summed E-state index contributed by atoms with van der Waals surface area (Å²) in [6, 6.07) is 9.06. The Morgan fingerprint density at radius 1 is 0.976 bits per heavy atom. The molecular formula is C24H26F3N7O5S2. The molecule has 2 aromatic carbocycles. The van der Waals surface area contributed by atoms with E-state index in [0.717, 1.165) is 21.1 Å². The highest BCUT2D eigenvalue weighted by Crippen LogP contribution is 2.35. The molecule has 41 heavy (non-hydrogen) atoms. The zero-order valence-corrected chi connectivity index (χ0v) is 23.9. The van der Waals surface area contributed by atoms with E-state index in [4.69, 9.17) is 0 Å². The highest BCUT2D eigenvalue weighted by molar-refractivity contribution is 7.92. The zero-order chi connectivity index (χ0) is 30.3. The average molecular weight is 614 g/mol. The van der Waals surface area contributed by atoms with Gasteiger partial charge >= 0.3 is 6.18 Å². The van der Waals surface area contributed by atoms with E-state index >= 15 is 0 Å². The van der Waals surface area contributed by atoms with Gasteiger partial charge in [-0.05, 0) is 47.5 Å². The molecule has 0 atom stereocenters. The third-order valence-electron chi connectivity index (χ3n) is 6.23. The molecule has 0 radical (unpaired) electrons. The third-order valence-corrected chi connectivity index (χ3v) is 8.64. The molecule has 1 amide bonds. The molecule has 0 fully saturated rings. The number of hydrogen-bond acceptors (Lipinski definition) is 9. The first kappa shape index (κ1) is 29.9. The second kappa shape index (κ2) is 10.7. The van der Waals surface area contributed by atoms with Gasteiger partial charge in [-0.2, -0.15) is 18.2 Å². The van der Waals surface area contributed by atoms with E-state index in [0.29, 0.717) is 23.1 Å². The van der Waals surface area contributed by atoms with E-state index in [2.05, 4.69) is 25.9 Å². The van der Waals surface area contributed by atoms with E-state index in [-0.39, 0.29) is 41.8 Å². The Morgan fingerprint density at radius 2 is 1.59 bits per heavy atom. The van der Waals surface area contributed by atoms with Gasteiger partial charge in [0.25, 0.3) is 0 Å². The van der Waals surface area contributed by atoms with Crippen LogP contribution < -0.4 is 24.6 Å². The van der Waals surface area contributed by atoms with Crippen molar-refractivity contribution >= 4 is 60.5 Å². The zero-order valence-electron chi connectivity index (χ0n) is 22.2. The number of benzene rings is 2. The fourth-order valence-electron chi connectivity index (χ4n) is 3.91. The van der Waals surface area contributed by atoms with Crippen LogP contribution in [0.4, 0.5) is 47.7 Å². The van der Waals surface area contributed by atoms with E-state index in [1.54, 1.807) is 18.2 Å². The van der Waals surface area contributed by atoms with Crippen LogP contribution in [0.2, 0.25) is 0 Å². The summed E-state index contributed by atoms with van der Waals surface area (Å²) >= 11 is 0. The Kier molecular flexibility index (Phi) is 7.79. The summed E-state index contributed by atoms with van der Waals surface area (Å²) in [4.78, 5) is 19.4. The normalized spacial score (nSPS) is 13.4. The standard InChI is InChI=1S/C24H26F3N7O5S2/c1-33(40(3,36)37)17-7-14(8-18(11-17)34(2)41(4,38)39)12-28-22-19(24(25,26)27)13-29-23(32-22)30-16-5-6-20-15(9-16)10-21(35)31-20/h5-9,11,13H,10,12H2,1-4H3,(H,31,35)(H2,28,29,30,32). The van der Waals surface area contributed by atoms with Crippen molar-refractivity contribution in [1.29, 1.82) is 0 Å². The third kappa shape index (κ3) is 6.97. The van der Waals surface area contributed by atoms with E-state index in [9.17, 15) is 34.8 Å². The molecule has 12 nitrogen and oxygen atoms in total. The van der Waals surface area contributed by atoms with Crippen molar-refractivity contribution in [2.75, 3.05) is 51.2 Å². The maximum atomic E-state index is 13.8. The van der Waals surface area contributed by atoms with Gasteiger partial charge in [-0.3, -0.25) is 13.4 Å². The number of halogens is 3. The van der Waals surface area contributed by atoms with Gasteiger partial charge in [-0.15, -0.1) is 0 Å². The van der Waals surface area contributed by atoms with Crippen molar-refractivity contribution in [1.82, 2.24) is 9.97 Å². The molecule has 0 saturated heterocycles. The first-order chi connectivity index (χ1) is 18.9. The minimum absolute atomic E-state index is 0.1000. The van der Waals surface area contributed by atoms with Gasteiger partial charge in [-0.1, -0.05) is 0 Å². The maximum absolute atomic E-state index is 13.8. The number of carbonyl (C=O) groups is 1. The van der Waals surface area contributed by atoms with Crippen LogP contribution in [0.5, 0.6) is 0 Å². The number of alkyl halides is 3. The van der Waals surface area contributed by atoms with Crippen LogP contribution in [0, 0.1) is 0 Å². The van der Waals surface area contributed by atoms with Gasteiger partial charge in [0, 0.05) is 38.2 Å². The number of nitrogens with zero attached hydrogens (tertiary/aromatic N) is 4. The molecule has 0 aliphatic carbocycles. The largest absolute Gasteiger partial charge is 0.421 e. The second-order valence-corrected chi connectivity index (χ2v) is 13.4. The number of fused-ring (bicyclic) bond motifs is 1. The summed E-state index contributed by atoms with van der Waals surface area (Å²) in [5, 5.41) is 8.14. The van der Waals surface area contributed by atoms with Crippen molar-refractivity contribution in [2.45, 2.75) is 19.1 Å². The Hall–Kier alpha value is -4.12. The lowest BCUT2D eigenvalue weighted by molar-refractivity contribution is -0.137. The van der Waals surface area contributed by atoms with Crippen LogP contribution in [0.1, 0.15) is 16.7 Å². The summed E-state index contributed by atoms with van der Waals surface area (Å²) in [6.45, 7) is -0.276. The molecule has 4 rings (SSSR count). The van der Waals surface area contributed by atoms with Crippen LogP contribution in [-0.2, 0) is 44.0 Å². The number of hydrogen-bond donors (Lipinski definition) is 3. The average Bonchev–Trinajstić information content (AvgIpc) is 3.24. The van der Waals surface area contributed by atoms with E-state index < -0.39 is 37.6 Å². The smallest absolute Gasteiger partial charge is 0.365 e. The number of sulfonamides is 2. The number of rotatable bonds is 9. The van der Waals surface area contributed by atoms with Crippen LogP contribution >= 0.6 is 0 Å². The minimum atomic E-state index is -4.81. The Bertz CT molecular complexity index is 1680. The molecule has 3 aromatic rings. The van der Waals surface area contributed by atoms with E-state index in [1.807, 2.05) is 0 Å². The van der Waals surface area contributed by atoms with Gasteiger partial charge in [-0.25, -0.2) is 21.8 Å². The molecule has 1 aliphatic rings. The van der Waals surface area contributed by atoms with E-state index in [1.165, 1.54) is 32.3 Å². The van der Waals surface area contributed by atoms with Crippen molar-refractivity contribution in [3.05, 3.63) is 59.3 Å². The monoisotopic (exact) mass is 613 g/mol. The molecule has 1 aromatic heterocycles. The quantitative estimate of drug-likeness (QED) is 0.330. The topological polar surface area (TPSA) is 154 Å². The Morgan fingerprint density at radius 3 is 2.15 bits per heavy atom. The summed E-state index contributed by atoms with van der Waals surface area (Å²) in [5.74, 6) is -0.888. The molecule has 1 aliphatic heterocycles. The lowest BCUT2D eigenvalue weighted by Crippen LogP contribution is -2.27. The minimum Gasteiger partial charge on any atom is -0.365 e. The number of carbonyl (C=O) groups excluding carboxylic acids is 1. The van der Waals surface area contributed by atoms with Gasteiger partial charge in [0.05, 0.1) is 30.3 Å². The number of nitrogens with one attached hydrogen (secondary N) is 3. The Labute approximate surface area is 234 Å². The first-order valence-electron chi connectivity index (χ1n) is 11.8. The van der Waals surface area contributed by atoms with Crippen LogP contribution in [0.15, 0.2) is 42.6 Å². The fraction of sp³-hybridized carbons (Fsp3) is 0.292. The molecule has 17 heteroatoms. The molecule has 0 spiro atoms. The van der Waals surface area contributed by atoms with Crippen LogP contribution in [0.3, 0.4) is 0 Å².